The lowest BCUT2D eigenvalue weighted by Gasteiger charge is -2.23. The number of hydrogen-bond donors (Lipinski definition) is 4. The fourth-order valence-electron chi connectivity index (χ4n) is 3.24. The molecule has 0 bridgehead atoms. The molecule has 26 heavy (non-hydrogen) atoms. The van der Waals surface area contributed by atoms with Crippen molar-refractivity contribution in [1.82, 2.24) is 24.8 Å². The van der Waals surface area contributed by atoms with Gasteiger partial charge in [0, 0.05) is 6.54 Å². The Morgan fingerprint density at radius 1 is 1.19 bits per heavy atom. The Hall–Kier alpha value is -2.59. The number of benzene rings is 1. The highest BCUT2D eigenvalue weighted by atomic mass is 16.5. The molecular weight excluding hydrogens is 336 g/mol. The Morgan fingerprint density at radius 3 is 2.77 bits per heavy atom. The fraction of sp³-hybridized carbons (Fsp3) is 0.353. The van der Waals surface area contributed by atoms with Gasteiger partial charge in [0.1, 0.15) is 24.1 Å². The van der Waals surface area contributed by atoms with Gasteiger partial charge in [-0.2, -0.15) is 0 Å². The number of fused-ring (bicyclic) bond motifs is 1. The molecule has 0 spiro atoms. The largest absolute Gasteiger partial charge is 0.394 e. The summed E-state index contributed by atoms with van der Waals surface area (Å²) in [6.07, 6.45) is 0.738. The minimum absolute atomic E-state index is 0.278. The first kappa shape index (κ1) is 16.9. The normalized spacial score (nSPS) is 25.8. The highest BCUT2D eigenvalue weighted by molar-refractivity contribution is 5.81. The van der Waals surface area contributed by atoms with Crippen LogP contribution in [-0.2, 0) is 11.3 Å². The zero-order valence-corrected chi connectivity index (χ0v) is 13.9. The molecule has 3 heterocycles. The third-order valence-corrected chi connectivity index (χ3v) is 4.60. The number of rotatable bonds is 5. The van der Waals surface area contributed by atoms with Crippen molar-refractivity contribution in [3.63, 3.8) is 0 Å². The van der Waals surface area contributed by atoms with Gasteiger partial charge in [-0.3, -0.25) is 4.57 Å². The highest BCUT2D eigenvalue weighted by Gasteiger charge is 2.44. The van der Waals surface area contributed by atoms with Crippen LogP contribution in [0.1, 0.15) is 11.8 Å². The van der Waals surface area contributed by atoms with Gasteiger partial charge in [0.15, 0.2) is 17.7 Å². The van der Waals surface area contributed by atoms with E-state index in [0.717, 1.165) is 5.56 Å². The molecule has 2 aromatic heterocycles. The number of ether oxygens (including phenoxy) is 1. The molecular formula is C17H20N6O3. The Labute approximate surface area is 149 Å². The van der Waals surface area contributed by atoms with E-state index < -0.39 is 24.5 Å². The molecule has 1 fully saturated rings. The van der Waals surface area contributed by atoms with Crippen LogP contribution < -0.4 is 11.1 Å². The standard InChI is InChI=1S/C17H20N6O3/c18-15-13-16(21-8-20-15)23(9-22-13)17-12(14(25)11(7-24)26-17)19-6-10-4-2-1-3-5-10/h1-5,8-9,11-12,14,17,19,24-25H,6-7H2,(H2,18,20,21)/t11-,12?,14-,17-/m1/s1. The molecule has 1 aliphatic heterocycles. The lowest BCUT2D eigenvalue weighted by atomic mass is 10.1. The molecule has 1 saturated heterocycles. The molecule has 1 aliphatic rings. The van der Waals surface area contributed by atoms with Gasteiger partial charge in [-0.25, -0.2) is 15.0 Å². The molecule has 0 saturated carbocycles. The van der Waals surface area contributed by atoms with Crippen molar-refractivity contribution in [3.05, 3.63) is 48.5 Å². The Morgan fingerprint density at radius 2 is 2.00 bits per heavy atom. The van der Waals surface area contributed by atoms with Gasteiger partial charge in [0.05, 0.1) is 19.0 Å². The number of aromatic nitrogens is 4. The fourth-order valence-corrected chi connectivity index (χ4v) is 3.24. The van der Waals surface area contributed by atoms with Crippen LogP contribution in [0.15, 0.2) is 43.0 Å². The molecule has 1 aromatic carbocycles. The van der Waals surface area contributed by atoms with Crippen molar-refractivity contribution in [2.24, 2.45) is 0 Å². The minimum Gasteiger partial charge on any atom is -0.394 e. The smallest absolute Gasteiger partial charge is 0.167 e. The quantitative estimate of drug-likeness (QED) is 0.495. The van der Waals surface area contributed by atoms with Gasteiger partial charge >= 0.3 is 0 Å². The van der Waals surface area contributed by atoms with Crippen LogP contribution in [0.2, 0.25) is 0 Å². The van der Waals surface area contributed by atoms with E-state index in [9.17, 15) is 10.2 Å². The van der Waals surface area contributed by atoms with E-state index >= 15 is 0 Å². The topological polar surface area (TPSA) is 131 Å². The molecule has 1 unspecified atom stereocenters. The van der Waals surface area contributed by atoms with Crippen LogP contribution in [0.3, 0.4) is 0 Å². The van der Waals surface area contributed by atoms with Crippen molar-refractivity contribution in [1.29, 1.82) is 0 Å². The van der Waals surface area contributed by atoms with Crippen molar-refractivity contribution >= 4 is 17.0 Å². The number of aliphatic hydroxyl groups is 2. The van der Waals surface area contributed by atoms with E-state index in [1.54, 1.807) is 10.9 Å². The van der Waals surface area contributed by atoms with Crippen molar-refractivity contribution in [2.75, 3.05) is 12.3 Å². The number of imidazole rings is 1. The first-order valence-electron chi connectivity index (χ1n) is 8.33. The number of nitrogens with two attached hydrogens (primary N) is 1. The summed E-state index contributed by atoms with van der Waals surface area (Å²) in [5, 5.41) is 23.4. The maximum atomic E-state index is 10.6. The van der Waals surface area contributed by atoms with Crippen molar-refractivity contribution in [2.45, 2.75) is 31.0 Å². The summed E-state index contributed by atoms with van der Waals surface area (Å²) in [4.78, 5) is 12.4. The van der Waals surface area contributed by atoms with Gasteiger partial charge < -0.3 is 26.0 Å². The summed E-state index contributed by atoms with van der Waals surface area (Å²) < 4.78 is 7.58. The number of nitrogen functional groups attached to an aromatic ring is 1. The van der Waals surface area contributed by atoms with E-state index in [1.807, 2.05) is 30.3 Å². The molecule has 0 amide bonds. The zero-order valence-electron chi connectivity index (χ0n) is 13.9. The van der Waals surface area contributed by atoms with Crippen LogP contribution in [0.5, 0.6) is 0 Å². The summed E-state index contributed by atoms with van der Waals surface area (Å²) >= 11 is 0. The van der Waals surface area contributed by atoms with Crippen molar-refractivity contribution in [3.8, 4) is 0 Å². The highest BCUT2D eigenvalue weighted by Crippen LogP contribution is 2.32. The molecule has 0 aliphatic carbocycles. The monoisotopic (exact) mass is 356 g/mol. The van der Waals surface area contributed by atoms with Crippen LogP contribution in [0, 0.1) is 0 Å². The second-order valence-corrected chi connectivity index (χ2v) is 6.21. The summed E-state index contributed by atoms with van der Waals surface area (Å²) in [5.74, 6) is 0.278. The predicted molar refractivity (Wildman–Crippen MR) is 93.8 cm³/mol. The Kier molecular flexibility index (Phi) is 4.51. The summed E-state index contributed by atoms with van der Waals surface area (Å²) in [5.41, 5.74) is 7.91. The number of nitrogens with zero attached hydrogens (tertiary/aromatic N) is 4. The second-order valence-electron chi connectivity index (χ2n) is 6.21. The van der Waals surface area contributed by atoms with E-state index in [1.165, 1.54) is 6.33 Å². The molecule has 4 atom stereocenters. The van der Waals surface area contributed by atoms with E-state index in [-0.39, 0.29) is 12.4 Å². The molecule has 9 heteroatoms. The van der Waals surface area contributed by atoms with Crippen LogP contribution in [0.25, 0.3) is 11.2 Å². The molecule has 3 aromatic rings. The number of hydrogen-bond acceptors (Lipinski definition) is 8. The number of aliphatic hydroxyl groups excluding tert-OH is 2. The van der Waals surface area contributed by atoms with Crippen LogP contribution >= 0.6 is 0 Å². The van der Waals surface area contributed by atoms with Gasteiger partial charge in [-0.05, 0) is 5.56 Å². The lowest BCUT2D eigenvalue weighted by molar-refractivity contribution is -0.0441. The first-order chi connectivity index (χ1) is 12.7. The maximum Gasteiger partial charge on any atom is 0.167 e. The minimum atomic E-state index is -0.884. The Bertz CT molecular complexity index is 887. The molecule has 136 valence electrons. The number of nitrogens with one attached hydrogen (secondary N) is 1. The van der Waals surface area contributed by atoms with E-state index in [4.69, 9.17) is 10.5 Å². The number of anilines is 1. The van der Waals surface area contributed by atoms with Gasteiger partial charge in [-0.1, -0.05) is 30.3 Å². The van der Waals surface area contributed by atoms with E-state index in [0.29, 0.717) is 17.7 Å². The van der Waals surface area contributed by atoms with Gasteiger partial charge in [0.2, 0.25) is 0 Å². The third kappa shape index (κ3) is 2.90. The lowest BCUT2D eigenvalue weighted by Crippen LogP contribution is -2.43. The zero-order chi connectivity index (χ0) is 18.1. The Balaban J connectivity index is 1.64. The summed E-state index contributed by atoms with van der Waals surface area (Å²) in [6.45, 7) is 0.259. The van der Waals surface area contributed by atoms with Crippen LogP contribution in [-0.4, -0.2) is 54.6 Å². The molecule has 5 N–H and O–H groups in total. The first-order valence-corrected chi connectivity index (χ1v) is 8.33. The van der Waals surface area contributed by atoms with Gasteiger partial charge in [-0.15, -0.1) is 0 Å². The SMILES string of the molecule is Nc1ncnc2c1ncn2[C@@H]1O[C@H](CO)[C@@H](O)C1NCc1ccccc1. The van der Waals surface area contributed by atoms with E-state index in [2.05, 4.69) is 20.3 Å². The summed E-state index contributed by atoms with van der Waals surface area (Å²) in [6, 6.07) is 9.39. The molecule has 0 radical (unpaired) electrons. The second kappa shape index (κ2) is 6.96. The predicted octanol–water partition coefficient (Wildman–Crippen LogP) is -0.182. The van der Waals surface area contributed by atoms with Crippen LogP contribution in [0.4, 0.5) is 5.82 Å². The maximum absolute atomic E-state index is 10.6. The molecule has 4 rings (SSSR count). The van der Waals surface area contributed by atoms with Crippen molar-refractivity contribution < 1.29 is 14.9 Å². The molecule has 9 nitrogen and oxygen atoms in total. The van der Waals surface area contributed by atoms with Gasteiger partial charge in [0.25, 0.3) is 0 Å². The third-order valence-electron chi connectivity index (χ3n) is 4.60. The average Bonchev–Trinajstić information content (AvgIpc) is 3.23. The summed E-state index contributed by atoms with van der Waals surface area (Å²) in [7, 11) is 0. The average molecular weight is 356 g/mol.